The van der Waals surface area contributed by atoms with E-state index in [-0.39, 0.29) is 5.41 Å². The molecule has 28 heavy (non-hydrogen) atoms. The summed E-state index contributed by atoms with van der Waals surface area (Å²) in [5.74, 6) is 0.863. The molecule has 1 atom stereocenters. The highest BCUT2D eigenvalue weighted by atomic mass is 15.2. The second kappa shape index (κ2) is 7.13. The summed E-state index contributed by atoms with van der Waals surface area (Å²) in [7, 11) is 0. The Hall–Kier alpha value is -2.53. The SMILES string of the molecule is CCn1cncc1CN1CCCC2(CCc3cnc(-c4ccccc4)nc32)C1. The van der Waals surface area contributed by atoms with Crippen LogP contribution in [0, 0.1) is 0 Å². The van der Waals surface area contributed by atoms with Gasteiger partial charge in [-0.3, -0.25) is 4.90 Å². The molecule has 0 N–H and O–H groups in total. The third-order valence-corrected chi connectivity index (χ3v) is 6.45. The van der Waals surface area contributed by atoms with E-state index in [0.717, 1.165) is 44.0 Å². The first-order valence-electron chi connectivity index (χ1n) is 10.4. The number of hydrogen-bond donors (Lipinski definition) is 0. The molecule has 3 aromatic rings. The van der Waals surface area contributed by atoms with Crippen molar-refractivity contribution >= 4 is 0 Å². The summed E-state index contributed by atoms with van der Waals surface area (Å²) in [4.78, 5) is 16.7. The van der Waals surface area contributed by atoms with Crippen LogP contribution in [-0.2, 0) is 24.9 Å². The molecule has 0 bridgehead atoms. The van der Waals surface area contributed by atoms with Crippen LogP contribution in [0.4, 0.5) is 0 Å². The van der Waals surface area contributed by atoms with Crippen LogP contribution in [0.3, 0.4) is 0 Å². The first-order valence-corrected chi connectivity index (χ1v) is 10.4. The first kappa shape index (κ1) is 17.6. The van der Waals surface area contributed by atoms with Crippen LogP contribution in [0.1, 0.15) is 43.1 Å². The van der Waals surface area contributed by atoms with Crippen molar-refractivity contribution in [1.29, 1.82) is 0 Å². The Labute approximate surface area is 166 Å². The van der Waals surface area contributed by atoms with Crippen molar-refractivity contribution in [2.24, 2.45) is 0 Å². The molecule has 1 aliphatic heterocycles. The zero-order chi connectivity index (χ0) is 19.0. The second-order valence-corrected chi connectivity index (χ2v) is 8.20. The predicted octanol–water partition coefficient (Wildman–Crippen LogP) is 3.84. The maximum Gasteiger partial charge on any atom is 0.159 e. The molecule has 1 unspecified atom stereocenters. The van der Waals surface area contributed by atoms with E-state index in [9.17, 15) is 0 Å². The minimum Gasteiger partial charge on any atom is -0.334 e. The maximum atomic E-state index is 5.11. The van der Waals surface area contributed by atoms with Gasteiger partial charge >= 0.3 is 0 Å². The van der Waals surface area contributed by atoms with Crippen LogP contribution in [0.2, 0.25) is 0 Å². The molecule has 1 aliphatic carbocycles. The average molecular weight is 374 g/mol. The molecule has 2 aliphatic rings. The number of imidazole rings is 1. The monoisotopic (exact) mass is 373 g/mol. The fourth-order valence-electron chi connectivity index (χ4n) is 5.02. The standard InChI is InChI=1S/C23H27N5/c1-2-28-17-24-14-20(28)15-27-12-6-10-23(16-27)11-9-19-13-25-22(26-21(19)23)18-7-4-3-5-8-18/h3-5,7-8,13-14,17H,2,6,9-12,15-16H2,1H3. The number of hydrogen-bond acceptors (Lipinski definition) is 4. The minimum absolute atomic E-state index is 0.178. The molecule has 1 fully saturated rings. The van der Waals surface area contributed by atoms with Gasteiger partial charge in [0.25, 0.3) is 0 Å². The normalized spacial score (nSPS) is 21.9. The van der Waals surface area contributed by atoms with Crippen LogP contribution < -0.4 is 0 Å². The lowest BCUT2D eigenvalue weighted by Gasteiger charge is -2.40. The number of likely N-dealkylation sites (tertiary alicyclic amines) is 1. The van der Waals surface area contributed by atoms with E-state index in [4.69, 9.17) is 4.98 Å². The van der Waals surface area contributed by atoms with Crippen molar-refractivity contribution in [2.45, 2.75) is 51.1 Å². The lowest BCUT2D eigenvalue weighted by molar-refractivity contribution is 0.134. The first-order chi connectivity index (χ1) is 13.8. The smallest absolute Gasteiger partial charge is 0.159 e. The van der Waals surface area contributed by atoms with E-state index in [0.29, 0.717) is 0 Å². The Morgan fingerprint density at radius 2 is 2.00 bits per heavy atom. The number of aryl methyl sites for hydroxylation is 2. The molecule has 2 aromatic heterocycles. The Balaban J connectivity index is 1.43. The van der Waals surface area contributed by atoms with Gasteiger partial charge in [0.05, 0.1) is 17.7 Å². The minimum atomic E-state index is 0.178. The molecule has 5 heteroatoms. The Morgan fingerprint density at radius 3 is 2.86 bits per heavy atom. The predicted molar refractivity (Wildman–Crippen MR) is 110 cm³/mol. The van der Waals surface area contributed by atoms with Crippen molar-refractivity contribution in [3.63, 3.8) is 0 Å². The van der Waals surface area contributed by atoms with Crippen molar-refractivity contribution in [1.82, 2.24) is 24.4 Å². The van der Waals surface area contributed by atoms with Gasteiger partial charge in [-0.05, 0) is 44.7 Å². The molecule has 144 valence electrons. The highest BCUT2D eigenvalue weighted by Gasteiger charge is 2.43. The van der Waals surface area contributed by atoms with Crippen molar-refractivity contribution < 1.29 is 0 Å². The summed E-state index contributed by atoms with van der Waals surface area (Å²) >= 11 is 0. The molecular weight excluding hydrogens is 346 g/mol. The van der Waals surface area contributed by atoms with Gasteiger partial charge in [-0.15, -0.1) is 0 Å². The molecule has 0 radical (unpaired) electrons. The lowest BCUT2D eigenvalue weighted by atomic mass is 9.77. The molecule has 5 nitrogen and oxygen atoms in total. The maximum absolute atomic E-state index is 5.11. The van der Waals surface area contributed by atoms with Crippen molar-refractivity contribution in [2.75, 3.05) is 13.1 Å². The summed E-state index contributed by atoms with van der Waals surface area (Å²) in [5, 5.41) is 0. The van der Waals surface area contributed by atoms with E-state index in [1.807, 2.05) is 18.6 Å². The quantitative estimate of drug-likeness (QED) is 0.697. The highest BCUT2D eigenvalue weighted by Crippen LogP contribution is 2.44. The van der Waals surface area contributed by atoms with Crippen LogP contribution in [0.15, 0.2) is 49.1 Å². The largest absolute Gasteiger partial charge is 0.334 e. The van der Waals surface area contributed by atoms with Gasteiger partial charge in [-0.1, -0.05) is 30.3 Å². The number of piperidine rings is 1. The van der Waals surface area contributed by atoms with E-state index < -0.39 is 0 Å². The van der Waals surface area contributed by atoms with Gasteiger partial charge in [0.1, 0.15) is 0 Å². The highest BCUT2D eigenvalue weighted by molar-refractivity contribution is 5.55. The van der Waals surface area contributed by atoms with Crippen molar-refractivity contribution in [3.05, 3.63) is 66.0 Å². The van der Waals surface area contributed by atoms with Gasteiger partial charge < -0.3 is 4.57 Å². The Kier molecular flexibility index (Phi) is 4.47. The molecule has 1 saturated heterocycles. The molecule has 1 aromatic carbocycles. The van der Waals surface area contributed by atoms with E-state index >= 15 is 0 Å². The number of rotatable bonds is 4. The molecule has 5 rings (SSSR count). The summed E-state index contributed by atoms with van der Waals surface area (Å²) < 4.78 is 2.25. The zero-order valence-corrected chi connectivity index (χ0v) is 16.5. The second-order valence-electron chi connectivity index (χ2n) is 8.20. The Bertz CT molecular complexity index is 960. The molecule has 1 spiro atoms. The summed E-state index contributed by atoms with van der Waals surface area (Å²) in [6.07, 6.45) is 10.8. The molecule has 0 saturated carbocycles. The number of fused-ring (bicyclic) bond motifs is 2. The van der Waals surface area contributed by atoms with Crippen LogP contribution in [-0.4, -0.2) is 37.5 Å². The fourth-order valence-corrected chi connectivity index (χ4v) is 5.02. The summed E-state index contributed by atoms with van der Waals surface area (Å²) in [6, 6.07) is 10.4. The summed E-state index contributed by atoms with van der Waals surface area (Å²) in [5.41, 5.74) is 5.24. The van der Waals surface area contributed by atoms with Crippen LogP contribution in [0.25, 0.3) is 11.4 Å². The Morgan fingerprint density at radius 1 is 1.11 bits per heavy atom. The number of benzene rings is 1. The van der Waals surface area contributed by atoms with Crippen molar-refractivity contribution in [3.8, 4) is 11.4 Å². The van der Waals surface area contributed by atoms with E-state index in [2.05, 4.69) is 56.8 Å². The lowest BCUT2D eigenvalue weighted by Crippen LogP contribution is -2.45. The average Bonchev–Trinajstić information content (AvgIpc) is 3.33. The molecule has 3 heterocycles. The fraction of sp³-hybridized carbons (Fsp3) is 0.435. The topological polar surface area (TPSA) is 46.8 Å². The van der Waals surface area contributed by atoms with E-state index in [1.54, 1.807) is 0 Å². The van der Waals surface area contributed by atoms with Gasteiger partial charge in [-0.2, -0.15) is 0 Å². The summed E-state index contributed by atoms with van der Waals surface area (Å²) in [6.45, 7) is 6.37. The molecular formula is C23H27N5. The van der Waals surface area contributed by atoms with Crippen LogP contribution in [0.5, 0.6) is 0 Å². The van der Waals surface area contributed by atoms with Gasteiger partial charge in [-0.25, -0.2) is 15.0 Å². The number of aromatic nitrogens is 4. The van der Waals surface area contributed by atoms with Gasteiger partial charge in [0.2, 0.25) is 0 Å². The number of nitrogens with zero attached hydrogens (tertiary/aromatic N) is 5. The third kappa shape index (κ3) is 3.04. The van der Waals surface area contributed by atoms with Gasteiger partial charge in [0, 0.05) is 43.0 Å². The van der Waals surface area contributed by atoms with E-state index in [1.165, 1.54) is 36.2 Å². The van der Waals surface area contributed by atoms with Gasteiger partial charge in [0.15, 0.2) is 5.82 Å². The zero-order valence-electron chi connectivity index (χ0n) is 16.5. The van der Waals surface area contributed by atoms with Crippen LogP contribution >= 0.6 is 0 Å². The molecule has 0 amide bonds. The third-order valence-electron chi connectivity index (χ3n) is 6.45.